The van der Waals surface area contributed by atoms with Gasteiger partial charge < -0.3 is 14.6 Å². The molecular weight excluding hydrogens is 244 g/mol. The first-order valence-corrected chi connectivity index (χ1v) is 5.90. The van der Waals surface area contributed by atoms with E-state index in [0.29, 0.717) is 12.4 Å². The molecule has 0 atom stereocenters. The fourth-order valence-electron chi connectivity index (χ4n) is 1.28. The molecule has 0 aromatic heterocycles. The number of carbonyl (C=O) groups is 1. The fraction of sp³-hybridized carbons (Fsp3) is 0.267. The Morgan fingerprint density at radius 2 is 2.16 bits per heavy atom. The predicted molar refractivity (Wildman–Crippen MR) is 74.1 cm³/mol. The lowest BCUT2D eigenvalue weighted by atomic mass is 10.2. The summed E-state index contributed by atoms with van der Waals surface area (Å²) in [5.74, 6) is 0.0134. The van der Waals surface area contributed by atoms with Gasteiger partial charge in [0.05, 0.1) is 7.11 Å². The number of hydrogen-bond acceptors (Lipinski definition) is 4. The average Bonchev–Trinajstić information content (AvgIpc) is 2.43. The standard InChI is InChI=1S/C15H18O4/c1-4-11(2)10-19-15(17)8-6-12-5-7-13(16)14(9-12)18-3/h4-9,16H,10H2,1-3H3/b8-6+,11-4?. The van der Waals surface area contributed by atoms with E-state index in [4.69, 9.17) is 9.47 Å². The second kappa shape index (κ2) is 7.26. The van der Waals surface area contributed by atoms with Crippen molar-refractivity contribution in [2.24, 2.45) is 0 Å². The number of phenols is 1. The number of allylic oxidation sites excluding steroid dienone is 1. The van der Waals surface area contributed by atoms with Crippen LogP contribution in [0.4, 0.5) is 0 Å². The summed E-state index contributed by atoms with van der Waals surface area (Å²) < 4.78 is 10.0. The van der Waals surface area contributed by atoms with Gasteiger partial charge in [0.15, 0.2) is 11.5 Å². The third-order valence-electron chi connectivity index (χ3n) is 2.55. The molecule has 0 aliphatic carbocycles. The largest absolute Gasteiger partial charge is 0.504 e. The van der Waals surface area contributed by atoms with E-state index < -0.39 is 5.97 Å². The number of rotatable bonds is 5. The number of aromatic hydroxyl groups is 1. The minimum atomic E-state index is -0.409. The third kappa shape index (κ3) is 4.87. The van der Waals surface area contributed by atoms with Crippen molar-refractivity contribution >= 4 is 12.0 Å². The van der Waals surface area contributed by atoms with Gasteiger partial charge in [0.2, 0.25) is 0 Å². The molecular formula is C15H18O4. The molecule has 0 radical (unpaired) electrons. The van der Waals surface area contributed by atoms with Crippen molar-refractivity contribution in [2.45, 2.75) is 13.8 Å². The van der Waals surface area contributed by atoms with Crippen molar-refractivity contribution in [1.29, 1.82) is 0 Å². The van der Waals surface area contributed by atoms with Gasteiger partial charge in [-0.05, 0) is 43.2 Å². The highest BCUT2D eigenvalue weighted by Gasteiger charge is 2.01. The van der Waals surface area contributed by atoms with E-state index in [9.17, 15) is 9.90 Å². The molecule has 102 valence electrons. The number of methoxy groups -OCH3 is 1. The van der Waals surface area contributed by atoms with E-state index in [1.807, 2.05) is 19.9 Å². The molecule has 0 amide bonds. The summed E-state index contributed by atoms with van der Waals surface area (Å²) in [6.07, 6.45) is 4.84. The van der Waals surface area contributed by atoms with E-state index in [2.05, 4.69) is 0 Å². The van der Waals surface area contributed by atoms with Crippen LogP contribution in [0, 0.1) is 0 Å². The SMILES string of the molecule is CC=C(C)COC(=O)/C=C/c1ccc(O)c(OC)c1. The molecule has 1 aromatic carbocycles. The van der Waals surface area contributed by atoms with E-state index in [-0.39, 0.29) is 5.75 Å². The van der Waals surface area contributed by atoms with Crippen molar-refractivity contribution in [2.75, 3.05) is 13.7 Å². The molecule has 1 aromatic rings. The predicted octanol–water partition coefficient (Wildman–Crippen LogP) is 2.92. The minimum absolute atomic E-state index is 0.0611. The van der Waals surface area contributed by atoms with Crippen LogP contribution >= 0.6 is 0 Å². The van der Waals surface area contributed by atoms with Gasteiger partial charge in [0, 0.05) is 6.08 Å². The molecule has 0 aliphatic rings. The lowest BCUT2D eigenvalue weighted by Gasteiger charge is -2.04. The summed E-state index contributed by atoms with van der Waals surface area (Å²) in [4.78, 5) is 11.4. The first-order chi connectivity index (χ1) is 9.06. The van der Waals surface area contributed by atoms with Crippen LogP contribution in [-0.4, -0.2) is 24.8 Å². The highest BCUT2D eigenvalue weighted by Crippen LogP contribution is 2.26. The molecule has 1 rings (SSSR count). The van der Waals surface area contributed by atoms with Gasteiger partial charge in [-0.15, -0.1) is 0 Å². The molecule has 1 N–H and O–H groups in total. The molecule has 0 saturated heterocycles. The third-order valence-corrected chi connectivity index (χ3v) is 2.55. The Hall–Kier alpha value is -2.23. The van der Waals surface area contributed by atoms with Crippen LogP contribution in [0.2, 0.25) is 0 Å². The van der Waals surface area contributed by atoms with Gasteiger partial charge in [-0.2, -0.15) is 0 Å². The second-order valence-corrected chi connectivity index (χ2v) is 4.01. The number of benzene rings is 1. The van der Waals surface area contributed by atoms with Crippen molar-refractivity contribution < 1.29 is 19.4 Å². The van der Waals surface area contributed by atoms with Crippen molar-refractivity contribution in [3.05, 3.63) is 41.5 Å². The molecule has 0 unspecified atom stereocenters. The highest BCUT2D eigenvalue weighted by atomic mass is 16.5. The zero-order valence-corrected chi connectivity index (χ0v) is 11.3. The fourth-order valence-corrected chi connectivity index (χ4v) is 1.28. The molecule has 4 nitrogen and oxygen atoms in total. The molecule has 4 heteroatoms. The van der Waals surface area contributed by atoms with Gasteiger partial charge in [-0.1, -0.05) is 12.1 Å². The Labute approximate surface area is 113 Å². The zero-order valence-electron chi connectivity index (χ0n) is 11.3. The van der Waals surface area contributed by atoms with Gasteiger partial charge in [-0.3, -0.25) is 0 Å². The van der Waals surface area contributed by atoms with Gasteiger partial charge in [-0.25, -0.2) is 4.79 Å². The number of ether oxygens (including phenoxy) is 2. The zero-order chi connectivity index (χ0) is 14.3. The van der Waals surface area contributed by atoms with Gasteiger partial charge in [0.25, 0.3) is 0 Å². The minimum Gasteiger partial charge on any atom is -0.504 e. The summed E-state index contributed by atoms with van der Waals surface area (Å²) in [7, 11) is 1.47. The normalized spacial score (nSPS) is 11.6. The molecule has 0 saturated carbocycles. The van der Waals surface area contributed by atoms with Crippen LogP contribution in [0.1, 0.15) is 19.4 Å². The summed E-state index contributed by atoms with van der Waals surface area (Å²) in [6.45, 7) is 4.07. The summed E-state index contributed by atoms with van der Waals surface area (Å²) in [6, 6.07) is 4.82. The van der Waals surface area contributed by atoms with Crippen molar-refractivity contribution in [3.63, 3.8) is 0 Å². The maximum Gasteiger partial charge on any atom is 0.331 e. The topological polar surface area (TPSA) is 55.8 Å². The summed E-state index contributed by atoms with van der Waals surface area (Å²) >= 11 is 0. The Morgan fingerprint density at radius 1 is 1.42 bits per heavy atom. The number of hydrogen-bond donors (Lipinski definition) is 1. The quantitative estimate of drug-likeness (QED) is 0.503. The van der Waals surface area contributed by atoms with Gasteiger partial charge >= 0.3 is 5.97 Å². The van der Waals surface area contributed by atoms with Gasteiger partial charge in [0.1, 0.15) is 6.61 Å². The summed E-state index contributed by atoms with van der Waals surface area (Å²) in [5, 5.41) is 9.44. The monoisotopic (exact) mass is 262 g/mol. The molecule has 0 fully saturated rings. The van der Waals surface area contributed by atoms with Crippen molar-refractivity contribution in [3.8, 4) is 11.5 Å². The summed E-state index contributed by atoms with van der Waals surface area (Å²) in [5.41, 5.74) is 1.74. The highest BCUT2D eigenvalue weighted by molar-refractivity contribution is 5.87. The average molecular weight is 262 g/mol. The van der Waals surface area contributed by atoms with Crippen molar-refractivity contribution in [1.82, 2.24) is 0 Å². The molecule has 0 spiro atoms. The number of esters is 1. The maximum absolute atomic E-state index is 11.4. The van der Waals surface area contributed by atoms with E-state index in [1.165, 1.54) is 19.3 Å². The first-order valence-electron chi connectivity index (χ1n) is 5.90. The Morgan fingerprint density at radius 3 is 2.79 bits per heavy atom. The van der Waals surface area contributed by atoms with Crippen LogP contribution in [0.25, 0.3) is 6.08 Å². The van der Waals surface area contributed by atoms with Crippen LogP contribution in [0.3, 0.4) is 0 Å². The lowest BCUT2D eigenvalue weighted by Crippen LogP contribution is -2.02. The smallest absolute Gasteiger partial charge is 0.331 e. The van der Waals surface area contributed by atoms with E-state index >= 15 is 0 Å². The molecule has 0 heterocycles. The van der Waals surface area contributed by atoms with E-state index in [1.54, 1.807) is 18.2 Å². The second-order valence-electron chi connectivity index (χ2n) is 4.01. The van der Waals surface area contributed by atoms with Crippen LogP contribution in [-0.2, 0) is 9.53 Å². The Balaban J connectivity index is 2.63. The molecule has 0 aliphatic heterocycles. The van der Waals surface area contributed by atoms with Crippen LogP contribution in [0.15, 0.2) is 35.9 Å². The number of phenolic OH excluding ortho intramolecular Hbond substituents is 1. The van der Waals surface area contributed by atoms with Crippen LogP contribution in [0.5, 0.6) is 11.5 Å². The Bertz CT molecular complexity index is 501. The Kier molecular flexibility index (Phi) is 5.67. The lowest BCUT2D eigenvalue weighted by molar-refractivity contribution is -0.136. The molecule has 0 bridgehead atoms. The maximum atomic E-state index is 11.4. The first kappa shape index (κ1) is 14.8. The number of carbonyl (C=O) groups excluding carboxylic acids is 1. The molecule has 19 heavy (non-hydrogen) atoms. The van der Waals surface area contributed by atoms with E-state index in [0.717, 1.165) is 11.1 Å². The van der Waals surface area contributed by atoms with Crippen LogP contribution < -0.4 is 4.74 Å².